The fraction of sp³-hybridized carbons (Fsp3) is 0.207. The minimum absolute atomic E-state index is 0.0728. The van der Waals surface area contributed by atoms with E-state index in [0.717, 1.165) is 60.1 Å². The minimum atomic E-state index is -0.0728. The first-order chi connectivity index (χ1) is 17.7. The molecule has 0 atom stereocenters. The van der Waals surface area contributed by atoms with Gasteiger partial charge in [-0.1, -0.05) is 36.4 Å². The highest BCUT2D eigenvalue weighted by atomic mass is 16.5. The van der Waals surface area contributed by atoms with Gasteiger partial charge in [-0.05, 0) is 42.0 Å². The summed E-state index contributed by atoms with van der Waals surface area (Å²) in [7, 11) is 1.83. The van der Waals surface area contributed by atoms with Gasteiger partial charge in [0.15, 0.2) is 0 Å². The van der Waals surface area contributed by atoms with Crippen LogP contribution in [-0.2, 0) is 16.1 Å². The molecule has 2 aromatic carbocycles. The summed E-state index contributed by atoms with van der Waals surface area (Å²) < 4.78 is 7.33. The highest BCUT2D eigenvalue weighted by molar-refractivity contribution is 5.92. The van der Waals surface area contributed by atoms with Crippen LogP contribution in [0.3, 0.4) is 0 Å². The Balaban J connectivity index is 1.36. The molecule has 1 aliphatic rings. The highest BCUT2D eigenvalue weighted by Crippen LogP contribution is 2.25. The van der Waals surface area contributed by atoms with Gasteiger partial charge in [0.05, 0.1) is 18.9 Å². The van der Waals surface area contributed by atoms with Crippen LogP contribution in [0, 0.1) is 0 Å². The smallest absolute Gasteiger partial charge is 0.246 e. The number of hydrogen-bond donors (Lipinski definition) is 0. The molecule has 1 amide bonds. The van der Waals surface area contributed by atoms with Gasteiger partial charge < -0.3 is 14.5 Å². The number of carbonyl (C=O) groups is 1. The lowest BCUT2D eigenvalue weighted by atomic mass is 10.1. The summed E-state index contributed by atoms with van der Waals surface area (Å²) in [6, 6.07) is 22.0. The van der Waals surface area contributed by atoms with E-state index in [1.807, 2.05) is 78.6 Å². The van der Waals surface area contributed by atoms with E-state index in [0.29, 0.717) is 6.54 Å². The molecule has 0 spiro atoms. The molecule has 0 saturated carbocycles. The molecule has 0 N–H and O–H groups in total. The van der Waals surface area contributed by atoms with E-state index in [4.69, 9.17) is 9.84 Å². The molecule has 1 aliphatic heterocycles. The van der Waals surface area contributed by atoms with Crippen LogP contribution in [0.2, 0.25) is 0 Å². The van der Waals surface area contributed by atoms with Crippen molar-refractivity contribution in [3.8, 4) is 16.9 Å². The molecule has 7 nitrogen and oxygen atoms in total. The molecular formula is C29H29N5O2. The molecular weight excluding hydrogens is 450 g/mol. The number of hydrogen-bond acceptors (Lipinski definition) is 5. The van der Waals surface area contributed by atoms with Crippen molar-refractivity contribution in [2.75, 3.05) is 38.3 Å². The normalized spacial score (nSPS) is 13.8. The summed E-state index contributed by atoms with van der Waals surface area (Å²) in [4.78, 5) is 21.4. The molecule has 1 fully saturated rings. The van der Waals surface area contributed by atoms with Gasteiger partial charge in [0.1, 0.15) is 5.69 Å². The van der Waals surface area contributed by atoms with Gasteiger partial charge in [0.25, 0.3) is 0 Å². The number of pyridine rings is 1. The fourth-order valence-corrected chi connectivity index (χ4v) is 4.33. The third-order valence-electron chi connectivity index (χ3n) is 6.23. The van der Waals surface area contributed by atoms with Gasteiger partial charge in [0, 0.05) is 68.2 Å². The molecule has 1 saturated heterocycles. The van der Waals surface area contributed by atoms with Crippen LogP contribution in [0.15, 0.2) is 91.4 Å². The van der Waals surface area contributed by atoms with E-state index in [9.17, 15) is 4.79 Å². The molecule has 7 heteroatoms. The monoisotopic (exact) mass is 479 g/mol. The van der Waals surface area contributed by atoms with Gasteiger partial charge in [-0.15, -0.1) is 0 Å². The second kappa shape index (κ2) is 11.0. The Hall–Kier alpha value is -4.23. The summed E-state index contributed by atoms with van der Waals surface area (Å²) in [5.41, 5.74) is 5.75. The van der Waals surface area contributed by atoms with Gasteiger partial charge in [-0.2, -0.15) is 5.10 Å². The zero-order valence-electron chi connectivity index (χ0n) is 20.3. The summed E-state index contributed by atoms with van der Waals surface area (Å²) >= 11 is 0. The number of ether oxygens (including phenoxy) is 1. The minimum Gasteiger partial charge on any atom is -0.378 e. The van der Waals surface area contributed by atoms with E-state index in [2.05, 4.69) is 22.0 Å². The van der Waals surface area contributed by atoms with Crippen LogP contribution in [0.25, 0.3) is 23.0 Å². The van der Waals surface area contributed by atoms with E-state index < -0.39 is 0 Å². The number of amides is 1. The lowest BCUT2D eigenvalue weighted by Crippen LogP contribution is -2.37. The molecule has 0 unspecified atom stereocenters. The second-order valence-corrected chi connectivity index (χ2v) is 8.71. The number of para-hydroxylation sites is 2. The van der Waals surface area contributed by atoms with Crippen LogP contribution < -0.4 is 4.90 Å². The first-order valence-electron chi connectivity index (χ1n) is 12.1. The lowest BCUT2D eigenvalue weighted by molar-refractivity contribution is -0.125. The summed E-state index contributed by atoms with van der Waals surface area (Å²) in [5.74, 6) is -0.0728. The van der Waals surface area contributed by atoms with Crippen molar-refractivity contribution in [2.45, 2.75) is 6.54 Å². The number of benzene rings is 2. The van der Waals surface area contributed by atoms with Crippen LogP contribution >= 0.6 is 0 Å². The third kappa shape index (κ3) is 5.37. The number of carbonyl (C=O) groups excluding carboxylic acids is 1. The van der Waals surface area contributed by atoms with Gasteiger partial charge in [-0.3, -0.25) is 9.78 Å². The largest absolute Gasteiger partial charge is 0.378 e. The van der Waals surface area contributed by atoms with Crippen molar-refractivity contribution < 1.29 is 9.53 Å². The third-order valence-corrected chi connectivity index (χ3v) is 6.23. The van der Waals surface area contributed by atoms with Gasteiger partial charge in [0.2, 0.25) is 5.91 Å². The lowest BCUT2D eigenvalue weighted by Gasteiger charge is -2.31. The zero-order chi connectivity index (χ0) is 24.7. The number of anilines is 1. The number of morpholine rings is 1. The fourth-order valence-electron chi connectivity index (χ4n) is 4.33. The maximum Gasteiger partial charge on any atom is 0.246 e. The average molecular weight is 480 g/mol. The zero-order valence-corrected chi connectivity index (χ0v) is 20.3. The Morgan fingerprint density at radius 3 is 2.58 bits per heavy atom. The van der Waals surface area contributed by atoms with Crippen molar-refractivity contribution in [1.29, 1.82) is 0 Å². The van der Waals surface area contributed by atoms with Crippen molar-refractivity contribution in [3.05, 3.63) is 103 Å². The van der Waals surface area contributed by atoms with Gasteiger partial charge >= 0.3 is 0 Å². The molecule has 0 bridgehead atoms. The Kier molecular flexibility index (Phi) is 7.19. The van der Waals surface area contributed by atoms with E-state index in [1.165, 1.54) is 0 Å². The molecule has 0 aliphatic carbocycles. The predicted octanol–water partition coefficient (Wildman–Crippen LogP) is 4.44. The molecule has 4 aromatic rings. The van der Waals surface area contributed by atoms with Crippen LogP contribution in [-0.4, -0.2) is 58.9 Å². The predicted molar refractivity (Wildman–Crippen MR) is 142 cm³/mol. The van der Waals surface area contributed by atoms with Gasteiger partial charge in [-0.25, -0.2) is 4.68 Å². The Morgan fingerprint density at radius 2 is 1.81 bits per heavy atom. The van der Waals surface area contributed by atoms with Crippen LogP contribution in [0.5, 0.6) is 0 Å². The SMILES string of the molecule is CN(Cc1ccccc1N1CCOCC1)C(=O)/C=C/c1cn(-c2ccccc2)nc1-c1cccnc1. The van der Waals surface area contributed by atoms with Crippen LogP contribution in [0.4, 0.5) is 5.69 Å². The molecule has 3 heterocycles. The number of likely N-dealkylation sites (N-methyl/N-ethyl adjacent to an activating group) is 1. The van der Waals surface area contributed by atoms with Crippen molar-refractivity contribution >= 4 is 17.7 Å². The molecule has 36 heavy (non-hydrogen) atoms. The first-order valence-corrected chi connectivity index (χ1v) is 12.1. The summed E-state index contributed by atoms with van der Waals surface area (Å²) in [5, 5.41) is 4.79. The topological polar surface area (TPSA) is 63.5 Å². The standard InChI is InChI=1S/C29H29N5O2/c1-32(21-24-8-5-6-12-27(24)33-16-18-36-19-17-33)28(35)14-13-25-22-34(26-10-3-2-4-11-26)31-29(25)23-9-7-15-30-20-23/h2-15,20,22H,16-19,21H2,1H3/b14-13+. The maximum atomic E-state index is 13.1. The molecule has 2 aromatic heterocycles. The Morgan fingerprint density at radius 1 is 1.03 bits per heavy atom. The second-order valence-electron chi connectivity index (χ2n) is 8.71. The number of nitrogens with zero attached hydrogens (tertiary/aromatic N) is 5. The summed E-state index contributed by atoms with van der Waals surface area (Å²) in [6.07, 6.45) is 8.91. The van der Waals surface area contributed by atoms with Crippen LogP contribution in [0.1, 0.15) is 11.1 Å². The Labute approximate surface area is 211 Å². The highest BCUT2D eigenvalue weighted by Gasteiger charge is 2.17. The van der Waals surface area contributed by atoms with Crippen molar-refractivity contribution in [1.82, 2.24) is 19.7 Å². The van der Waals surface area contributed by atoms with Crippen molar-refractivity contribution in [2.24, 2.45) is 0 Å². The van der Waals surface area contributed by atoms with E-state index >= 15 is 0 Å². The maximum absolute atomic E-state index is 13.1. The molecule has 0 radical (unpaired) electrons. The Bertz CT molecular complexity index is 1330. The first kappa shape index (κ1) is 23.5. The number of aromatic nitrogens is 3. The molecule has 182 valence electrons. The quantitative estimate of drug-likeness (QED) is 0.367. The molecule has 5 rings (SSSR count). The number of rotatable bonds is 7. The van der Waals surface area contributed by atoms with E-state index in [-0.39, 0.29) is 5.91 Å². The average Bonchev–Trinajstić information content (AvgIpc) is 3.38. The summed E-state index contributed by atoms with van der Waals surface area (Å²) in [6.45, 7) is 3.69. The van der Waals surface area contributed by atoms with Crippen molar-refractivity contribution in [3.63, 3.8) is 0 Å². The van der Waals surface area contributed by atoms with E-state index in [1.54, 1.807) is 23.4 Å².